The Kier molecular flexibility index (Phi) is 7.34. The minimum atomic E-state index is -1.06. The molecule has 1 aliphatic carbocycles. The SMILES string of the molecule is COC(=O)C1(NC(=O)Cc2cc(-c3ccc(Cl)cc3)c(F)cc2C)CCC(OC)CC1. The molecule has 0 radical (unpaired) electrons. The lowest BCUT2D eigenvalue weighted by atomic mass is 9.80. The number of benzene rings is 2. The molecule has 7 heteroatoms. The standard InChI is InChI=1S/C24H27ClFNO4/c1-15-12-21(26)20(16-4-6-18(25)7-5-16)13-17(15)14-22(28)27-24(23(29)31-3)10-8-19(30-2)9-11-24/h4-7,12-13,19H,8-11,14H2,1-3H3,(H,27,28). The van der Waals surface area contributed by atoms with Crippen LogP contribution < -0.4 is 5.32 Å². The van der Waals surface area contributed by atoms with Crippen LogP contribution in [0.1, 0.15) is 36.8 Å². The molecule has 0 aliphatic heterocycles. The number of ether oxygens (including phenoxy) is 2. The predicted octanol–water partition coefficient (Wildman–Crippen LogP) is 4.61. The average Bonchev–Trinajstić information content (AvgIpc) is 2.76. The fourth-order valence-corrected chi connectivity index (χ4v) is 4.26. The summed E-state index contributed by atoms with van der Waals surface area (Å²) < 4.78 is 25.0. The lowest BCUT2D eigenvalue weighted by molar-refractivity contribution is -0.153. The summed E-state index contributed by atoms with van der Waals surface area (Å²) in [4.78, 5) is 25.4. The molecule has 1 N–H and O–H groups in total. The number of nitrogens with one attached hydrogen (secondary N) is 1. The van der Waals surface area contributed by atoms with Crippen molar-refractivity contribution in [1.29, 1.82) is 0 Å². The van der Waals surface area contributed by atoms with Gasteiger partial charge >= 0.3 is 5.97 Å². The van der Waals surface area contributed by atoms with Crippen LogP contribution in [0.2, 0.25) is 5.02 Å². The Hall–Kier alpha value is -2.44. The van der Waals surface area contributed by atoms with Crippen LogP contribution in [0.5, 0.6) is 0 Å². The Labute approximate surface area is 186 Å². The zero-order valence-electron chi connectivity index (χ0n) is 18.0. The van der Waals surface area contributed by atoms with E-state index in [4.69, 9.17) is 21.1 Å². The van der Waals surface area contributed by atoms with Gasteiger partial charge in [-0.1, -0.05) is 23.7 Å². The van der Waals surface area contributed by atoms with Gasteiger partial charge in [-0.25, -0.2) is 9.18 Å². The van der Waals surface area contributed by atoms with E-state index in [2.05, 4.69) is 5.32 Å². The monoisotopic (exact) mass is 447 g/mol. The molecule has 5 nitrogen and oxygen atoms in total. The Morgan fingerprint density at radius 2 is 1.81 bits per heavy atom. The number of halogens is 2. The van der Waals surface area contributed by atoms with E-state index in [0.717, 1.165) is 0 Å². The minimum absolute atomic E-state index is 0.0269. The maximum absolute atomic E-state index is 14.6. The van der Waals surface area contributed by atoms with Crippen molar-refractivity contribution in [2.24, 2.45) is 0 Å². The molecule has 0 saturated heterocycles. The van der Waals surface area contributed by atoms with Gasteiger partial charge in [-0.2, -0.15) is 0 Å². The highest BCUT2D eigenvalue weighted by atomic mass is 35.5. The van der Waals surface area contributed by atoms with Gasteiger partial charge < -0.3 is 14.8 Å². The van der Waals surface area contributed by atoms with Crippen LogP contribution in [0.3, 0.4) is 0 Å². The summed E-state index contributed by atoms with van der Waals surface area (Å²) >= 11 is 5.93. The van der Waals surface area contributed by atoms with Gasteiger partial charge in [0.15, 0.2) is 0 Å². The van der Waals surface area contributed by atoms with Crippen LogP contribution in [0, 0.1) is 12.7 Å². The molecule has 3 rings (SSSR count). The van der Waals surface area contributed by atoms with Gasteiger partial charge in [-0.15, -0.1) is 0 Å². The Balaban J connectivity index is 1.81. The number of aryl methyl sites for hydroxylation is 1. The highest BCUT2D eigenvalue weighted by Crippen LogP contribution is 2.32. The van der Waals surface area contributed by atoms with Crippen LogP contribution in [-0.4, -0.2) is 37.7 Å². The van der Waals surface area contributed by atoms with Crippen LogP contribution in [-0.2, 0) is 25.5 Å². The van der Waals surface area contributed by atoms with Crippen LogP contribution in [0.25, 0.3) is 11.1 Å². The van der Waals surface area contributed by atoms with E-state index in [0.29, 0.717) is 53.0 Å². The van der Waals surface area contributed by atoms with E-state index in [-0.39, 0.29) is 24.2 Å². The first-order chi connectivity index (χ1) is 14.8. The smallest absolute Gasteiger partial charge is 0.331 e. The number of hydrogen-bond donors (Lipinski definition) is 1. The molecule has 0 unspecified atom stereocenters. The topological polar surface area (TPSA) is 64.6 Å². The van der Waals surface area contributed by atoms with Crippen molar-refractivity contribution in [2.75, 3.05) is 14.2 Å². The lowest BCUT2D eigenvalue weighted by Gasteiger charge is -2.38. The molecule has 1 fully saturated rings. The molecular weight excluding hydrogens is 421 g/mol. The van der Waals surface area contributed by atoms with Crippen molar-refractivity contribution in [3.8, 4) is 11.1 Å². The third-order valence-electron chi connectivity index (χ3n) is 6.01. The van der Waals surface area contributed by atoms with E-state index in [1.165, 1.54) is 13.2 Å². The third kappa shape index (κ3) is 5.25. The third-order valence-corrected chi connectivity index (χ3v) is 6.26. The van der Waals surface area contributed by atoms with Gasteiger partial charge in [0.25, 0.3) is 0 Å². The maximum Gasteiger partial charge on any atom is 0.331 e. The van der Waals surface area contributed by atoms with Crippen LogP contribution >= 0.6 is 11.6 Å². The molecule has 2 aromatic carbocycles. The Morgan fingerprint density at radius 3 is 2.39 bits per heavy atom. The van der Waals surface area contributed by atoms with Gasteiger partial charge in [-0.3, -0.25) is 4.79 Å². The summed E-state index contributed by atoms with van der Waals surface area (Å²) in [6.07, 6.45) is 2.30. The van der Waals surface area contributed by atoms with Crippen molar-refractivity contribution in [1.82, 2.24) is 5.32 Å². The average molecular weight is 448 g/mol. The van der Waals surface area contributed by atoms with Crippen molar-refractivity contribution >= 4 is 23.5 Å². The molecule has 1 saturated carbocycles. The first-order valence-electron chi connectivity index (χ1n) is 10.2. The summed E-state index contributed by atoms with van der Waals surface area (Å²) in [5.41, 5.74) is 1.37. The lowest BCUT2D eigenvalue weighted by Crippen LogP contribution is -2.57. The van der Waals surface area contributed by atoms with Gasteiger partial charge in [0.05, 0.1) is 19.6 Å². The molecule has 0 atom stereocenters. The van der Waals surface area contributed by atoms with Crippen molar-refractivity contribution in [2.45, 2.75) is 50.7 Å². The predicted molar refractivity (Wildman–Crippen MR) is 117 cm³/mol. The van der Waals surface area contributed by atoms with E-state index in [9.17, 15) is 14.0 Å². The zero-order chi connectivity index (χ0) is 22.6. The number of carbonyl (C=O) groups excluding carboxylic acids is 2. The summed E-state index contributed by atoms with van der Waals surface area (Å²) in [6, 6.07) is 9.96. The molecule has 0 spiro atoms. The normalized spacial score (nSPS) is 20.9. The van der Waals surface area contributed by atoms with E-state index >= 15 is 0 Å². The van der Waals surface area contributed by atoms with Crippen molar-refractivity contribution in [3.63, 3.8) is 0 Å². The van der Waals surface area contributed by atoms with Crippen LogP contribution in [0.15, 0.2) is 36.4 Å². The number of rotatable bonds is 6. The van der Waals surface area contributed by atoms with Gasteiger partial charge in [0, 0.05) is 17.7 Å². The molecule has 1 aliphatic rings. The van der Waals surface area contributed by atoms with E-state index in [1.807, 2.05) is 0 Å². The van der Waals surface area contributed by atoms with Crippen LogP contribution in [0.4, 0.5) is 4.39 Å². The molecule has 0 bridgehead atoms. The summed E-state index contributed by atoms with van der Waals surface area (Å²) in [5, 5.41) is 3.47. The molecule has 0 heterocycles. The Morgan fingerprint density at radius 1 is 1.16 bits per heavy atom. The van der Waals surface area contributed by atoms with E-state index < -0.39 is 11.5 Å². The maximum atomic E-state index is 14.6. The van der Waals surface area contributed by atoms with Crippen molar-refractivity contribution in [3.05, 3.63) is 58.4 Å². The first kappa shape index (κ1) is 23.2. The number of methoxy groups -OCH3 is 2. The second-order valence-electron chi connectivity index (χ2n) is 8.00. The number of esters is 1. The molecule has 1 amide bonds. The Bertz CT molecular complexity index is 953. The molecule has 31 heavy (non-hydrogen) atoms. The van der Waals surface area contributed by atoms with Gasteiger partial charge in [0.2, 0.25) is 5.91 Å². The number of carbonyl (C=O) groups is 2. The van der Waals surface area contributed by atoms with Crippen molar-refractivity contribution < 1.29 is 23.5 Å². The summed E-state index contributed by atoms with van der Waals surface area (Å²) in [5.74, 6) is -1.13. The molecule has 0 aromatic heterocycles. The van der Waals surface area contributed by atoms with Gasteiger partial charge in [0.1, 0.15) is 11.4 Å². The number of hydrogen-bond acceptors (Lipinski definition) is 4. The first-order valence-corrected chi connectivity index (χ1v) is 10.6. The largest absolute Gasteiger partial charge is 0.467 e. The molecule has 2 aromatic rings. The molecular formula is C24H27ClFNO4. The summed E-state index contributed by atoms with van der Waals surface area (Å²) in [7, 11) is 2.96. The van der Waals surface area contributed by atoms with Gasteiger partial charge in [-0.05, 0) is 73.6 Å². The second kappa shape index (κ2) is 9.79. The molecule has 166 valence electrons. The highest BCUT2D eigenvalue weighted by molar-refractivity contribution is 6.30. The minimum Gasteiger partial charge on any atom is -0.467 e. The number of amides is 1. The fourth-order valence-electron chi connectivity index (χ4n) is 4.14. The summed E-state index contributed by atoms with van der Waals surface area (Å²) in [6.45, 7) is 1.76. The highest BCUT2D eigenvalue weighted by Gasteiger charge is 2.44. The van der Waals surface area contributed by atoms with E-state index in [1.54, 1.807) is 44.4 Å². The fraction of sp³-hybridized carbons (Fsp3) is 0.417. The second-order valence-corrected chi connectivity index (χ2v) is 8.44. The zero-order valence-corrected chi connectivity index (χ0v) is 18.7. The quantitative estimate of drug-likeness (QED) is 0.656.